The van der Waals surface area contributed by atoms with Gasteiger partial charge < -0.3 is 20.8 Å². The molecule has 0 unspecified atom stereocenters. The van der Waals surface area contributed by atoms with E-state index in [1.807, 2.05) is 60.7 Å². The second-order valence-electron chi connectivity index (χ2n) is 6.41. The molecule has 0 heterocycles. The van der Waals surface area contributed by atoms with Crippen LogP contribution < -0.4 is 10.6 Å². The molecule has 28 heavy (non-hydrogen) atoms. The molecule has 0 saturated carbocycles. The Balaban J connectivity index is 0.000000280. The number of likely N-dealkylation sites (N-methyl/N-ethyl adjacent to an activating group) is 2. The Kier molecular flexibility index (Phi) is 11.2. The molecule has 0 fully saturated rings. The highest BCUT2D eigenvalue weighted by Gasteiger charge is 2.14. The Bertz CT molecular complexity index is 631. The van der Waals surface area contributed by atoms with Crippen LogP contribution in [0.4, 0.5) is 0 Å². The summed E-state index contributed by atoms with van der Waals surface area (Å²) in [5, 5.41) is 23.1. The third-order valence-electron chi connectivity index (χ3n) is 4.42. The van der Waals surface area contributed by atoms with Crippen molar-refractivity contribution in [2.24, 2.45) is 0 Å². The van der Waals surface area contributed by atoms with E-state index in [9.17, 15) is 9.59 Å². The van der Waals surface area contributed by atoms with Gasteiger partial charge in [-0.25, -0.2) is 0 Å². The molecule has 6 nitrogen and oxygen atoms in total. The summed E-state index contributed by atoms with van der Waals surface area (Å²) in [5.74, 6) is -1.58. The summed E-state index contributed by atoms with van der Waals surface area (Å²) in [6, 6.07) is 18.9. The van der Waals surface area contributed by atoms with Crippen LogP contribution in [0.3, 0.4) is 0 Å². The van der Waals surface area contributed by atoms with Crippen molar-refractivity contribution >= 4 is 11.9 Å². The van der Waals surface area contributed by atoms with Crippen LogP contribution in [-0.4, -0.2) is 48.3 Å². The molecule has 2 atom stereocenters. The number of hydrogen-bond donors (Lipinski definition) is 4. The van der Waals surface area contributed by atoms with Gasteiger partial charge in [0.05, 0.1) is 0 Å². The average molecular weight is 386 g/mol. The molecule has 0 aliphatic heterocycles. The second-order valence-corrected chi connectivity index (χ2v) is 6.41. The van der Waals surface area contributed by atoms with Crippen molar-refractivity contribution in [2.75, 3.05) is 14.1 Å². The first-order chi connectivity index (χ1) is 13.5. The molecule has 2 rings (SSSR count). The van der Waals surface area contributed by atoms with Gasteiger partial charge >= 0.3 is 11.9 Å². The molecule has 0 spiro atoms. The van der Waals surface area contributed by atoms with Gasteiger partial charge in [0.15, 0.2) is 0 Å². The predicted molar refractivity (Wildman–Crippen MR) is 110 cm³/mol. The number of aliphatic carboxylic acids is 2. The van der Waals surface area contributed by atoms with E-state index in [4.69, 9.17) is 10.2 Å². The molecule has 2 aromatic rings. The zero-order valence-corrected chi connectivity index (χ0v) is 16.5. The molecule has 2 aromatic carbocycles. The van der Waals surface area contributed by atoms with Crippen molar-refractivity contribution in [3.8, 4) is 0 Å². The van der Waals surface area contributed by atoms with Crippen molar-refractivity contribution < 1.29 is 19.8 Å². The minimum atomic E-state index is -0.788. The number of hydrogen-bond acceptors (Lipinski definition) is 4. The van der Waals surface area contributed by atoms with Gasteiger partial charge in [0.2, 0.25) is 0 Å². The summed E-state index contributed by atoms with van der Waals surface area (Å²) in [6.45, 7) is 0. The molecule has 0 aromatic heterocycles. The summed E-state index contributed by atoms with van der Waals surface area (Å²) in [5.41, 5.74) is 2.35. The van der Waals surface area contributed by atoms with E-state index in [1.54, 1.807) is 14.1 Å². The van der Waals surface area contributed by atoms with Crippen molar-refractivity contribution in [3.63, 3.8) is 0 Å². The van der Waals surface area contributed by atoms with Crippen LogP contribution in [0.1, 0.15) is 24.0 Å². The molecule has 0 aliphatic carbocycles. The van der Waals surface area contributed by atoms with Crippen LogP contribution in [0.25, 0.3) is 0 Å². The van der Waals surface area contributed by atoms with Gasteiger partial charge in [0.25, 0.3) is 0 Å². The summed E-state index contributed by atoms with van der Waals surface area (Å²) < 4.78 is 0. The standard InChI is InChI=1S/2C11H15NO2/c2*1-12-10(11(13)14)8-7-9-5-3-2-4-6-9/h2*2-6,10,12H,7-8H2,1H3,(H,13,14)/t2*10-/m00/s1. The molecular weight excluding hydrogens is 356 g/mol. The third kappa shape index (κ3) is 9.30. The average Bonchev–Trinajstić information content (AvgIpc) is 2.70. The van der Waals surface area contributed by atoms with Gasteiger partial charge in [-0.05, 0) is 50.9 Å². The van der Waals surface area contributed by atoms with Gasteiger partial charge in [-0.3, -0.25) is 9.59 Å². The van der Waals surface area contributed by atoms with E-state index in [2.05, 4.69) is 10.6 Å². The van der Waals surface area contributed by atoms with Crippen molar-refractivity contribution in [2.45, 2.75) is 37.8 Å². The number of benzene rings is 2. The van der Waals surface area contributed by atoms with Crippen molar-refractivity contribution in [1.82, 2.24) is 10.6 Å². The van der Waals surface area contributed by atoms with Crippen molar-refractivity contribution in [3.05, 3.63) is 71.8 Å². The highest BCUT2D eigenvalue weighted by atomic mass is 16.4. The van der Waals surface area contributed by atoms with Crippen LogP contribution in [0.2, 0.25) is 0 Å². The van der Waals surface area contributed by atoms with Crippen molar-refractivity contribution in [1.29, 1.82) is 0 Å². The first-order valence-corrected chi connectivity index (χ1v) is 9.36. The van der Waals surface area contributed by atoms with Gasteiger partial charge in [0, 0.05) is 0 Å². The summed E-state index contributed by atoms with van der Waals surface area (Å²) in [4.78, 5) is 21.4. The van der Waals surface area contributed by atoms with E-state index in [0.717, 1.165) is 12.8 Å². The first kappa shape index (κ1) is 23.3. The number of carboxylic acid groups (broad SMARTS) is 2. The number of carbonyl (C=O) groups is 2. The Morgan fingerprint density at radius 1 is 0.714 bits per heavy atom. The SMILES string of the molecule is CN[C@@H](CCc1ccccc1)C(=O)O.CN[C@@H](CCc1ccccc1)C(=O)O. The van der Waals surface area contributed by atoms with Crippen LogP contribution in [0.5, 0.6) is 0 Å². The minimum absolute atomic E-state index is 0.449. The van der Waals surface area contributed by atoms with Crippen LogP contribution in [0.15, 0.2) is 60.7 Å². The van der Waals surface area contributed by atoms with E-state index in [0.29, 0.717) is 12.8 Å². The molecule has 4 N–H and O–H groups in total. The maximum atomic E-state index is 10.7. The molecule has 0 radical (unpaired) electrons. The molecule has 0 aliphatic rings. The van der Waals surface area contributed by atoms with E-state index < -0.39 is 24.0 Å². The predicted octanol–water partition coefficient (Wildman–Crippen LogP) is 2.58. The Hall–Kier alpha value is -2.70. The van der Waals surface area contributed by atoms with Gasteiger partial charge in [-0.2, -0.15) is 0 Å². The smallest absolute Gasteiger partial charge is 0.320 e. The lowest BCUT2D eigenvalue weighted by Gasteiger charge is -2.10. The summed E-state index contributed by atoms with van der Waals surface area (Å²) >= 11 is 0. The Labute approximate surface area is 166 Å². The topological polar surface area (TPSA) is 98.7 Å². The van der Waals surface area contributed by atoms with Crippen LogP contribution in [0, 0.1) is 0 Å². The Morgan fingerprint density at radius 3 is 1.29 bits per heavy atom. The minimum Gasteiger partial charge on any atom is -0.480 e. The largest absolute Gasteiger partial charge is 0.480 e. The molecule has 0 bridgehead atoms. The fourth-order valence-electron chi connectivity index (χ4n) is 2.69. The number of nitrogens with one attached hydrogen (secondary N) is 2. The van der Waals surface area contributed by atoms with Gasteiger partial charge in [-0.1, -0.05) is 60.7 Å². The molecule has 6 heteroatoms. The van der Waals surface area contributed by atoms with E-state index >= 15 is 0 Å². The second kappa shape index (κ2) is 13.5. The number of carboxylic acids is 2. The fourth-order valence-corrected chi connectivity index (χ4v) is 2.69. The van der Waals surface area contributed by atoms with Gasteiger partial charge in [0.1, 0.15) is 12.1 Å². The van der Waals surface area contributed by atoms with Gasteiger partial charge in [-0.15, -0.1) is 0 Å². The molecule has 0 amide bonds. The molecule has 0 saturated heterocycles. The number of aryl methyl sites for hydroxylation is 2. The van der Waals surface area contributed by atoms with Crippen LogP contribution >= 0.6 is 0 Å². The molecular formula is C22H30N2O4. The first-order valence-electron chi connectivity index (χ1n) is 9.36. The zero-order chi connectivity index (χ0) is 20.8. The lowest BCUT2D eigenvalue weighted by molar-refractivity contribution is -0.140. The maximum Gasteiger partial charge on any atom is 0.320 e. The summed E-state index contributed by atoms with van der Waals surface area (Å²) in [6.07, 6.45) is 2.82. The molecule has 152 valence electrons. The summed E-state index contributed by atoms with van der Waals surface area (Å²) in [7, 11) is 3.34. The van der Waals surface area contributed by atoms with Crippen LogP contribution in [-0.2, 0) is 22.4 Å². The van der Waals surface area contributed by atoms with E-state index in [-0.39, 0.29) is 0 Å². The normalized spacial score (nSPS) is 12.4. The number of rotatable bonds is 10. The third-order valence-corrected chi connectivity index (χ3v) is 4.42. The lowest BCUT2D eigenvalue weighted by atomic mass is 10.1. The zero-order valence-electron chi connectivity index (χ0n) is 16.5. The van der Waals surface area contributed by atoms with E-state index in [1.165, 1.54) is 11.1 Å². The monoisotopic (exact) mass is 386 g/mol. The maximum absolute atomic E-state index is 10.7. The Morgan fingerprint density at radius 2 is 1.04 bits per heavy atom. The highest BCUT2D eigenvalue weighted by molar-refractivity contribution is 5.73. The fraction of sp³-hybridized carbons (Fsp3) is 0.364. The lowest BCUT2D eigenvalue weighted by Crippen LogP contribution is -2.34. The quantitative estimate of drug-likeness (QED) is 0.501. The highest BCUT2D eigenvalue weighted by Crippen LogP contribution is 2.05.